The molecule has 3 saturated carbocycles. The summed E-state index contributed by atoms with van der Waals surface area (Å²) in [5.41, 5.74) is 0. The lowest BCUT2D eigenvalue weighted by Crippen LogP contribution is -2.39. The van der Waals surface area contributed by atoms with Gasteiger partial charge in [0.15, 0.2) is 0 Å². The van der Waals surface area contributed by atoms with E-state index in [-0.39, 0.29) is 24.7 Å². The van der Waals surface area contributed by atoms with Crippen LogP contribution in [0.15, 0.2) is 0 Å². The highest BCUT2D eigenvalue weighted by atomic mass is 19.1. The number of carbonyl (C=O) groups excluding carboxylic acids is 1. The number of hydrogen-bond acceptors (Lipinski definition) is 2. The van der Waals surface area contributed by atoms with Crippen LogP contribution >= 0.6 is 0 Å². The predicted molar refractivity (Wildman–Crippen MR) is 106 cm³/mol. The molecular formula is C23H40F2O2. The van der Waals surface area contributed by atoms with Crippen LogP contribution in [0.5, 0.6) is 0 Å². The van der Waals surface area contributed by atoms with Gasteiger partial charge < -0.3 is 4.74 Å². The Morgan fingerprint density at radius 1 is 0.778 bits per heavy atom. The largest absolute Gasteiger partial charge is 0.462 e. The van der Waals surface area contributed by atoms with Crippen LogP contribution in [0.2, 0.25) is 0 Å². The molecule has 2 nitrogen and oxygen atoms in total. The summed E-state index contributed by atoms with van der Waals surface area (Å²) in [6.07, 6.45) is 6.70. The Kier molecular flexibility index (Phi) is 9.01. The molecule has 4 heteroatoms. The van der Waals surface area contributed by atoms with Crippen molar-refractivity contribution in [2.24, 2.45) is 29.6 Å². The number of rotatable bonds is 3. The first kappa shape index (κ1) is 22.6. The number of alkyl halides is 2. The second-order valence-corrected chi connectivity index (χ2v) is 9.05. The van der Waals surface area contributed by atoms with Crippen molar-refractivity contribution in [3.63, 3.8) is 0 Å². The Hall–Kier alpha value is -0.670. The Morgan fingerprint density at radius 2 is 1.22 bits per heavy atom. The first-order valence-electron chi connectivity index (χ1n) is 11.4. The monoisotopic (exact) mass is 386 g/mol. The second kappa shape index (κ2) is 10.8. The van der Waals surface area contributed by atoms with E-state index in [1.54, 1.807) is 6.92 Å². The number of halogens is 2. The normalized spacial score (nSPS) is 42.6. The molecule has 2 unspecified atom stereocenters. The number of esters is 1. The van der Waals surface area contributed by atoms with Gasteiger partial charge in [-0.25, -0.2) is 8.78 Å². The maximum Gasteiger partial charge on any atom is 0.309 e. The van der Waals surface area contributed by atoms with Crippen molar-refractivity contribution in [1.29, 1.82) is 0 Å². The third-order valence-corrected chi connectivity index (χ3v) is 7.23. The van der Waals surface area contributed by atoms with E-state index >= 15 is 0 Å². The van der Waals surface area contributed by atoms with E-state index in [0.717, 1.165) is 43.4 Å². The van der Waals surface area contributed by atoms with Crippen LogP contribution in [-0.4, -0.2) is 24.4 Å². The van der Waals surface area contributed by atoms with Gasteiger partial charge in [0.25, 0.3) is 0 Å². The highest BCUT2D eigenvalue weighted by Gasteiger charge is 2.39. The molecule has 3 aliphatic rings. The molecule has 0 radical (unpaired) electrons. The van der Waals surface area contributed by atoms with Crippen LogP contribution in [0.4, 0.5) is 8.78 Å². The van der Waals surface area contributed by atoms with Gasteiger partial charge >= 0.3 is 5.97 Å². The maximum absolute atomic E-state index is 13.8. The summed E-state index contributed by atoms with van der Waals surface area (Å²) >= 11 is 0. The van der Waals surface area contributed by atoms with Crippen LogP contribution in [0, 0.1) is 29.6 Å². The molecule has 0 aromatic rings. The molecule has 2 atom stereocenters. The molecule has 0 aromatic heterocycles. The van der Waals surface area contributed by atoms with Gasteiger partial charge in [0.2, 0.25) is 0 Å². The van der Waals surface area contributed by atoms with Crippen molar-refractivity contribution in [2.75, 3.05) is 0 Å². The molecule has 3 rings (SSSR count). The van der Waals surface area contributed by atoms with Crippen molar-refractivity contribution in [3.05, 3.63) is 0 Å². The minimum atomic E-state index is -1.20. The highest BCUT2D eigenvalue weighted by Crippen LogP contribution is 2.42. The van der Waals surface area contributed by atoms with Gasteiger partial charge in [-0.2, -0.15) is 0 Å². The Morgan fingerprint density at radius 3 is 1.70 bits per heavy atom. The van der Waals surface area contributed by atoms with E-state index in [4.69, 9.17) is 4.74 Å². The van der Waals surface area contributed by atoms with Crippen molar-refractivity contribution < 1.29 is 18.3 Å². The lowest BCUT2D eigenvalue weighted by Gasteiger charge is -2.37. The Bertz CT molecular complexity index is 428. The average molecular weight is 387 g/mol. The van der Waals surface area contributed by atoms with Crippen LogP contribution in [-0.2, 0) is 9.53 Å². The van der Waals surface area contributed by atoms with Crippen molar-refractivity contribution >= 4 is 5.97 Å². The average Bonchev–Trinajstić information content (AvgIpc) is 2.68. The van der Waals surface area contributed by atoms with E-state index in [1.807, 2.05) is 13.8 Å². The van der Waals surface area contributed by atoms with Gasteiger partial charge in [-0.15, -0.1) is 0 Å². The Labute approximate surface area is 164 Å². The quantitative estimate of drug-likeness (QED) is 0.507. The van der Waals surface area contributed by atoms with E-state index in [9.17, 15) is 13.6 Å². The summed E-state index contributed by atoms with van der Waals surface area (Å²) in [5.74, 6) is 1.62. The molecular weight excluding hydrogens is 346 g/mol. The van der Waals surface area contributed by atoms with E-state index < -0.39 is 24.4 Å². The van der Waals surface area contributed by atoms with Crippen LogP contribution < -0.4 is 0 Å². The van der Waals surface area contributed by atoms with Gasteiger partial charge in [-0.1, -0.05) is 40.5 Å². The van der Waals surface area contributed by atoms with Gasteiger partial charge in [0, 0.05) is 18.8 Å². The smallest absolute Gasteiger partial charge is 0.309 e. The zero-order valence-corrected chi connectivity index (χ0v) is 17.8. The van der Waals surface area contributed by atoms with Crippen molar-refractivity contribution in [3.8, 4) is 0 Å². The molecule has 27 heavy (non-hydrogen) atoms. The maximum atomic E-state index is 13.8. The lowest BCUT2D eigenvalue weighted by molar-refractivity contribution is -0.160. The third kappa shape index (κ3) is 6.15. The fourth-order valence-corrected chi connectivity index (χ4v) is 5.19. The lowest BCUT2D eigenvalue weighted by atomic mass is 9.69. The fourth-order valence-electron chi connectivity index (χ4n) is 5.19. The summed E-state index contributed by atoms with van der Waals surface area (Å²) < 4.78 is 33.1. The van der Waals surface area contributed by atoms with Crippen LogP contribution in [0.25, 0.3) is 0 Å². The SMILES string of the molecule is CC.CC1CCC(C2CCC(C(=O)OC3CC(F)C(C)C(F)C3)CC2)CC1. The minimum absolute atomic E-state index is 0.0609. The third-order valence-electron chi connectivity index (χ3n) is 7.23. The standard InChI is InChI=1S/C21H34F2O2.C2H6/c1-13-3-5-15(6-4-13)16-7-9-17(10-8-16)21(24)25-18-11-19(22)14(2)20(23)12-18;1-2/h13-20H,3-12H2,1-2H3;1-2H3. The molecule has 0 aromatic carbocycles. The summed E-state index contributed by atoms with van der Waals surface area (Å²) in [6.45, 7) is 7.94. The molecule has 3 fully saturated rings. The van der Waals surface area contributed by atoms with E-state index in [0.29, 0.717) is 0 Å². The summed E-state index contributed by atoms with van der Waals surface area (Å²) in [7, 11) is 0. The Balaban J connectivity index is 0.00000126. The van der Waals surface area contributed by atoms with Gasteiger partial charge in [-0.05, 0) is 56.3 Å². The van der Waals surface area contributed by atoms with Crippen molar-refractivity contribution in [1.82, 2.24) is 0 Å². The molecule has 0 saturated heterocycles. The number of carbonyl (C=O) groups is 1. The first-order chi connectivity index (χ1) is 12.9. The second-order valence-electron chi connectivity index (χ2n) is 9.05. The van der Waals surface area contributed by atoms with E-state index in [2.05, 4.69) is 6.92 Å². The molecule has 0 bridgehead atoms. The molecule has 0 heterocycles. The number of hydrogen-bond donors (Lipinski definition) is 0. The predicted octanol–water partition coefficient (Wildman–Crippen LogP) is 6.66. The van der Waals surface area contributed by atoms with E-state index in [1.165, 1.54) is 25.7 Å². The summed E-state index contributed by atoms with van der Waals surface area (Å²) in [5, 5.41) is 0. The summed E-state index contributed by atoms with van der Waals surface area (Å²) in [4.78, 5) is 12.4. The zero-order valence-electron chi connectivity index (χ0n) is 17.8. The van der Waals surface area contributed by atoms with Crippen molar-refractivity contribution in [2.45, 2.75) is 110 Å². The highest BCUT2D eigenvalue weighted by molar-refractivity contribution is 5.72. The topological polar surface area (TPSA) is 26.3 Å². The molecule has 0 aliphatic heterocycles. The first-order valence-corrected chi connectivity index (χ1v) is 11.4. The van der Waals surface area contributed by atoms with Gasteiger partial charge in [0.1, 0.15) is 18.4 Å². The van der Waals surface area contributed by atoms with Gasteiger partial charge in [-0.3, -0.25) is 4.79 Å². The molecule has 3 aliphatic carbocycles. The minimum Gasteiger partial charge on any atom is -0.462 e. The molecule has 0 amide bonds. The van der Waals surface area contributed by atoms with Gasteiger partial charge in [0.05, 0.1) is 5.92 Å². The van der Waals surface area contributed by atoms with Crippen LogP contribution in [0.3, 0.4) is 0 Å². The summed E-state index contributed by atoms with van der Waals surface area (Å²) in [6, 6.07) is 0. The fraction of sp³-hybridized carbons (Fsp3) is 0.957. The molecule has 0 N–H and O–H groups in total. The molecule has 0 spiro atoms. The van der Waals surface area contributed by atoms with Crippen LogP contribution in [0.1, 0.15) is 91.9 Å². The number of ether oxygens (including phenoxy) is 1. The molecule has 158 valence electrons. The zero-order chi connectivity index (χ0) is 20.0.